The number of fused-ring (bicyclic) bond motifs is 2. The quantitative estimate of drug-likeness (QED) is 0.506. The highest BCUT2D eigenvalue weighted by atomic mass is 16.5. The lowest BCUT2D eigenvalue weighted by atomic mass is 9.70. The molecule has 186 valence electrons. The van der Waals surface area contributed by atoms with Crippen LogP contribution in [0.15, 0.2) is 59.2 Å². The van der Waals surface area contributed by atoms with Gasteiger partial charge in [0.05, 0.1) is 48.5 Å². The molecule has 5 heterocycles. The molecule has 4 aliphatic heterocycles. The summed E-state index contributed by atoms with van der Waals surface area (Å²) >= 11 is 0. The molecule has 6 rings (SSSR count). The van der Waals surface area contributed by atoms with Crippen molar-refractivity contribution in [3.05, 3.63) is 66.1 Å². The number of esters is 1. The fourth-order valence-electron chi connectivity index (χ4n) is 6.43. The molecule has 0 saturated carbocycles. The number of Topliss-reactive ketones (excluding diaryl/α,β-unsaturated/α-hetero) is 1. The molecule has 3 saturated heterocycles. The van der Waals surface area contributed by atoms with Crippen molar-refractivity contribution in [2.45, 2.75) is 44.1 Å². The van der Waals surface area contributed by atoms with Crippen LogP contribution in [0.25, 0.3) is 0 Å². The molecule has 4 aliphatic rings. The van der Waals surface area contributed by atoms with Gasteiger partial charge in [0.1, 0.15) is 17.1 Å². The van der Waals surface area contributed by atoms with Gasteiger partial charge in [-0.2, -0.15) is 0 Å². The molecule has 0 radical (unpaired) electrons. The van der Waals surface area contributed by atoms with Gasteiger partial charge in [-0.05, 0) is 37.3 Å². The number of furan rings is 1. The minimum absolute atomic E-state index is 0.0320. The zero-order valence-electron chi connectivity index (χ0n) is 19.9. The Morgan fingerprint density at radius 1 is 1.22 bits per heavy atom. The number of ether oxygens (including phenoxy) is 2. The number of hydrogen-bond acceptors (Lipinski definition) is 7. The monoisotopic (exact) mass is 490 g/mol. The fourth-order valence-corrected chi connectivity index (χ4v) is 6.43. The molecule has 1 N–H and O–H groups in total. The highest BCUT2D eigenvalue weighted by Crippen LogP contribution is 2.60. The van der Waals surface area contributed by atoms with E-state index in [9.17, 15) is 19.2 Å². The van der Waals surface area contributed by atoms with Crippen LogP contribution in [0.1, 0.15) is 42.4 Å². The molecular formula is C27H26N2O7. The maximum absolute atomic E-state index is 14.0. The van der Waals surface area contributed by atoms with Crippen LogP contribution in [-0.4, -0.2) is 52.8 Å². The zero-order chi connectivity index (χ0) is 25.2. The highest BCUT2D eigenvalue weighted by Gasteiger charge is 2.74. The number of nitrogens with one attached hydrogen (secondary N) is 1. The summed E-state index contributed by atoms with van der Waals surface area (Å²) in [5.74, 6) is -2.49. The van der Waals surface area contributed by atoms with Crippen molar-refractivity contribution in [2.75, 3.05) is 11.9 Å². The van der Waals surface area contributed by atoms with E-state index in [0.717, 1.165) is 0 Å². The number of anilines is 1. The Morgan fingerprint density at radius 2 is 2.06 bits per heavy atom. The number of ketones is 1. The van der Waals surface area contributed by atoms with Crippen molar-refractivity contribution >= 4 is 29.3 Å². The van der Waals surface area contributed by atoms with Gasteiger partial charge >= 0.3 is 5.97 Å². The standard InChI is InChI=1S/C27H26N2O7/c1-3-34-26(33)15-6-4-7-16(12-15)28-24(31)21-20-9-10-27(36-20)22(21)25(32)29-17(19-8-5-11-35-19)13-18(30)14(2)23(27)29/h4-12,14,17,20-23H,3,13H2,1-2H3,(H,28,31)/t14-,17-,20+,21-,22-,23-,27-/m1/s1. The van der Waals surface area contributed by atoms with Gasteiger partial charge in [-0.15, -0.1) is 0 Å². The lowest BCUT2D eigenvalue weighted by Gasteiger charge is -2.43. The lowest BCUT2D eigenvalue weighted by molar-refractivity contribution is -0.147. The first-order valence-corrected chi connectivity index (χ1v) is 12.2. The molecule has 0 aliphatic carbocycles. The predicted octanol–water partition coefficient (Wildman–Crippen LogP) is 2.90. The average molecular weight is 491 g/mol. The lowest BCUT2D eigenvalue weighted by Crippen LogP contribution is -2.55. The van der Waals surface area contributed by atoms with Gasteiger partial charge in [0.2, 0.25) is 11.8 Å². The number of amides is 2. The van der Waals surface area contributed by atoms with E-state index in [1.807, 2.05) is 19.1 Å². The summed E-state index contributed by atoms with van der Waals surface area (Å²) in [4.78, 5) is 54.4. The molecule has 3 fully saturated rings. The normalized spacial score (nSPS) is 34.0. The van der Waals surface area contributed by atoms with Gasteiger partial charge in [0.25, 0.3) is 0 Å². The molecule has 7 atom stereocenters. The topological polar surface area (TPSA) is 115 Å². The first-order valence-electron chi connectivity index (χ1n) is 12.2. The number of carbonyl (C=O) groups excluding carboxylic acids is 4. The Hall–Kier alpha value is -3.72. The number of benzene rings is 1. The number of nitrogens with zero attached hydrogens (tertiary/aromatic N) is 1. The minimum atomic E-state index is -1.06. The molecule has 1 spiro atoms. The molecule has 2 bridgehead atoms. The first kappa shape index (κ1) is 22.7. The molecule has 9 nitrogen and oxygen atoms in total. The SMILES string of the molecule is CCOC(=O)c1cccc(NC(=O)[C@@H]2[C@@H]3C=C[C@@]4(O3)[C@H]2C(=O)N2[C@@H](c3ccco3)CC(=O)[C@@H](C)[C@@H]24)c1. The summed E-state index contributed by atoms with van der Waals surface area (Å²) in [5.41, 5.74) is -0.318. The van der Waals surface area contributed by atoms with Gasteiger partial charge in [-0.25, -0.2) is 4.79 Å². The zero-order valence-corrected chi connectivity index (χ0v) is 19.9. The predicted molar refractivity (Wildman–Crippen MR) is 126 cm³/mol. The third-order valence-electron chi connectivity index (χ3n) is 7.90. The fraction of sp³-hybridized carbons (Fsp3) is 0.407. The molecule has 2 amide bonds. The van der Waals surface area contributed by atoms with E-state index >= 15 is 0 Å². The molecule has 9 heteroatoms. The van der Waals surface area contributed by atoms with E-state index in [4.69, 9.17) is 13.9 Å². The maximum Gasteiger partial charge on any atom is 0.338 e. The van der Waals surface area contributed by atoms with Gasteiger partial charge in [-0.3, -0.25) is 14.4 Å². The largest absolute Gasteiger partial charge is 0.467 e. The second-order valence-electron chi connectivity index (χ2n) is 9.77. The van der Waals surface area contributed by atoms with Crippen molar-refractivity contribution < 1.29 is 33.1 Å². The van der Waals surface area contributed by atoms with E-state index in [1.165, 1.54) is 6.26 Å². The Labute approximate surface area is 207 Å². The molecule has 0 unspecified atom stereocenters. The second kappa shape index (κ2) is 8.16. The van der Waals surface area contributed by atoms with Gasteiger partial charge < -0.3 is 24.1 Å². The van der Waals surface area contributed by atoms with Crippen molar-refractivity contribution in [1.82, 2.24) is 4.90 Å². The van der Waals surface area contributed by atoms with E-state index in [1.54, 1.807) is 48.2 Å². The van der Waals surface area contributed by atoms with Crippen LogP contribution >= 0.6 is 0 Å². The van der Waals surface area contributed by atoms with Crippen LogP contribution in [0.4, 0.5) is 5.69 Å². The third-order valence-corrected chi connectivity index (χ3v) is 7.90. The van der Waals surface area contributed by atoms with E-state index in [-0.39, 0.29) is 30.6 Å². The Balaban J connectivity index is 1.32. The Bertz CT molecular complexity index is 1280. The summed E-state index contributed by atoms with van der Waals surface area (Å²) in [6, 6.07) is 8.91. The molecule has 36 heavy (non-hydrogen) atoms. The number of piperidine rings is 1. The summed E-state index contributed by atoms with van der Waals surface area (Å²) in [6.07, 6.45) is 4.78. The first-order chi connectivity index (χ1) is 17.4. The Morgan fingerprint density at radius 3 is 2.81 bits per heavy atom. The minimum Gasteiger partial charge on any atom is -0.467 e. The number of hydrogen-bond donors (Lipinski definition) is 1. The summed E-state index contributed by atoms with van der Waals surface area (Å²) in [5, 5.41) is 2.86. The van der Waals surface area contributed by atoms with Crippen molar-refractivity contribution in [3.8, 4) is 0 Å². The smallest absolute Gasteiger partial charge is 0.338 e. The molecule has 2 aromatic rings. The average Bonchev–Trinajstić information content (AvgIpc) is 3.64. The van der Waals surface area contributed by atoms with E-state index < -0.39 is 47.5 Å². The van der Waals surface area contributed by atoms with Crippen molar-refractivity contribution in [1.29, 1.82) is 0 Å². The highest BCUT2D eigenvalue weighted by molar-refractivity contribution is 6.01. The number of rotatable bonds is 5. The summed E-state index contributed by atoms with van der Waals surface area (Å²) in [7, 11) is 0. The molecule has 1 aromatic carbocycles. The van der Waals surface area contributed by atoms with Crippen LogP contribution in [-0.2, 0) is 23.9 Å². The number of carbonyl (C=O) groups is 4. The summed E-state index contributed by atoms with van der Waals surface area (Å²) < 4.78 is 17.0. The van der Waals surface area contributed by atoms with Gasteiger partial charge in [0.15, 0.2) is 0 Å². The van der Waals surface area contributed by atoms with Crippen molar-refractivity contribution in [3.63, 3.8) is 0 Å². The van der Waals surface area contributed by atoms with Crippen LogP contribution in [0.5, 0.6) is 0 Å². The summed E-state index contributed by atoms with van der Waals surface area (Å²) in [6.45, 7) is 3.78. The Kier molecular flexibility index (Phi) is 5.15. The third kappa shape index (κ3) is 3.12. The maximum atomic E-state index is 14.0. The van der Waals surface area contributed by atoms with Gasteiger partial charge in [0, 0.05) is 18.0 Å². The second-order valence-corrected chi connectivity index (χ2v) is 9.77. The van der Waals surface area contributed by atoms with Crippen LogP contribution < -0.4 is 5.32 Å². The van der Waals surface area contributed by atoms with Gasteiger partial charge in [-0.1, -0.05) is 25.1 Å². The van der Waals surface area contributed by atoms with Crippen LogP contribution in [0, 0.1) is 17.8 Å². The molecule has 1 aromatic heterocycles. The van der Waals surface area contributed by atoms with E-state index in [2.05, 4.69) is 5.32 Å². The van der Waals surface area contributed by atoms with Crippen LogP contribution in [0.3, 0.4) is 0 Å². The van der Waals surface area contributed by atoms with E-state index in [0.29, 0.717) is 17.0 Å². The molecular weight excluding hydrogens is 464 g/mol. The van der Waals surface area contributed by atoms with Crippen LogP contribution in [0.2, 0.25) is 0 Å². The van der Waals surface area contributed by atoms with Crippen molar-refractivity contribution in [2.24, 2.45) is 17.8 Å².